The highest BCUT2D eigenvalue weighted by Crippen LogP contribution is 2.32. The minimum Gasteiger partial charge on any atom is -0.489 e. The fourth-order valence-corrected chi connectivity index (χ4v) is 3.57. The summed E-state index contributed by atoms with van der Waals surface area (Å²) < 4.78 is 44.6. The molecule has 1 fully saturated rings. The topological polar surface area (TPSA) is 45.7 Å². The van der Waals surface area contributed by atoms with Crippen molar-refractivity contribution in [2.45, 2.75) is 12.8 Å². The van der Waals surface area contributed by atoms with Crippen LogP contribution in [0.15, 0.2) is 73.1 Å². The van der Waals surface area contributed by atoms with Crippen LogP contribution in [0.2, 0.25) is 0 Å². The lowest BCUT2D eigenvalue weighted by molar-refractivity contribution is -0.137. The monoisotopic (exact) mass is 441 g/mol. The largest absolute Gasteiger partial charge is 0.489 e. The lowest BCUT2D eigenvalue weighted by Crippen LogP contribution is -2.48. The van der Waals surface area contributed by atoms with Crippen molar-refractivity contribution in [3.63, 3.8) is 0 Å². The number of aromatic nitrogens is 1. The predicted octanol–water partition coefficient (Wildman–Crippen LogP) is 4.64. The number of carbonyl (C=O) groups is 1. The number of nitrogens with zero attached hydrogens (tertiary/aromatic N) is 3. The van der Waals surface area contributed by atoms with Crippen LogP contribution in [-0.2, 0) is 12.8 Å². The molecule has 0 unspecified atom stereocenters. The maximum absolute atomic E-state index is 13.0. The molecule has 0 spiro atoms. The summed E-state index contributed by atoms with van der Waals surface area (Å²) >= 11 is 0. The Hall–Kier alpha value is -3.55. The Labute approximate surface area is 184 Å². The number of carbonyl (C=O) groups excluding carboxylic acids is 1. The Morgan fingerprint density at radius 2 is 1.72 bits per heavy atom. The van der Waals surface area contributed by atoms with Gasteiger partial charge in [-0.25, -0.2) is 0 Å². The van der Waals surface area contributed by atoms with Crippen LogP contribution in [0.25, 0.3) is 0 Å². The minimum atomic E-state index is -4.37. The van der Waals surface area contributed by atoms with Gasteiger partial charge in [0.25, 0.3) is 5.91 Å². The number of rotatable bonds is 5. The Kier molecular flexibility index (Phi) is 6.30. The zero-order valence-electron chi connectivity index (χ0n) is 17.3. The van der Waals surface area contributed by atoms with E-state index in [0.29, 0.717) is 49.8 Å². The zero-order chi connectivity index (χ0) is 22.6. The summed E-state index contributed by atoms with van der Waals surface area (Å²) in [4.78, 5) is 20.5. The van der Waals surface area contributed by atoms with Gasteiger partial charge in [-0.05, 0) is 48.5 Å². The molecular formula is C24H22F3N3O2. The van der Waals surface area contributed by atoms with E-state index < -0.39 is 11.7 Å². The van der Waals surface area contributed by atoms with Crippen molar-refractivity contribution < 1.29 is 22.7 Å². The van der Waals surface area contributed by atoms with Gasteiger partial charge in [0.2, 0.25) is 0 Å². The number of benzene rings is 2. The van der Waals surface area contributed by atoms with E-state index in [1.54, 1.807) is 47.6 Å². The standard InChI is InChI=1S/C24H22F3N3O2/c25-24(26,27)20-4-1-5-21(15-20)29-11-13-30(14-12-29)23(31)19-6-8-22(9-7-19)32-17-18-3-2-10-28-16-18/h1-10,15-16H,11-14,17H2. The molecule has 166 valence electrons. The lowest BCUT2D eigenvalue weighted by Gasteiger charge is -2.36. The first-order chi connectivity index (χ1) is 15.4. The van der Waals surface area contributed by atoms with Gasteiger partial charge in [0.15, 0.2) is 0 Å². The first-order valence-electron chi connectivity index (χ1n) is 10.2. The Morgan fingerprint density at radius 1 is 0.969 bits per heavy atom. The van der Waals surface area contributed by atoms with E-state index in [0.717, 1.165) is 17.7 Å². The van der Waals surface area contributed by atoms with Crippen LogP contribution in [0.1, 0.15) is 21.5 Å². The number of halogens is 3. The summed E-state index contributed by atoms with van der Waals surface area (Å²) in [5.41, 5.74) is 1.35. The lowest BCUT2D eigenvalue weighted by atomic mass is 10.1. The summed E-state index contributed by atoms with van der Waals surface area (Å²) in [5.74, 6) is 0.548. The van der Waals surface area contributed by atoms with Crippen molar-refractivity contribution in [3.05, 3.63) is 89.7 Å². The predicted molar refractivity (Wildman–Crippen MR) is 115 cm³/mol. The van der Waals surface area contributed by atoms with E-state index in [1.807, 2.05) is 17.0 Å². The second kappa shape index (κ2) is 9.30. The first kappa shape index (κ1) is 21.7. The second-order valence-corrected chi connectivity index (χ2v) is 7.50. The van der Waals surface area contributed by atoms with Crippen LogP contribution >= 0.6 is 0 Å². The molecule has 0 atom stereocenters. The van der Waals surface area contributed by atoms with E-state index >= 15 is 0 Å². The number of piperazine rings is 1. The molecule has 32 heavy (non-hydrogen) atoms. The molecule has 5 nitrogen and oxygen atoms in total. The SMILES string of the molecule is O=C(c1ccc(OCc2cccnc2)cc1)N1CCN(c2cccc(C(F)(F)F)c2)CC1. The summed E-state index contributed by atoms with van der Waals surface area (Å²) in [7, 11) is 0. The third-order valence-corrected chi connectivity index (χ3v) is 5.34. The quantitative estimate of drug-likeness (QED) is 0.579. The van der Waals surface area contributed by atoms with Crippen molar-refractivity contribution in [1.29, 1.82) is 0 Å². The van der Waals surface area contributed by atoms with Crippen molar-refractivity contribution in [2.75, 3.05) is 31.1 Å². The molecule has 8 heteroatoms. The average molecular weight is 441 g/mol. The smallest absolute Gasteiger partial charge is 0.416 e. The molecule has 4 rings (SSSR count). The fourth-order valence-electron chi connectivity index (χ4n) is 3.57. The molecule has 0 bridgehead atoms. The van der Waals surface area contributed by atoms with Crippen LogP contribution in [0.3, 0.4) is 0 Å². The molecule has 2 heterocycles. The molecule has 0 radical (unpaired) electrons. The molecule has 0 aliphatic carbocycles. The summed E-state index contributed by atoms with van der Waals surface area (Å²) in [6.45, 7) is 2.21. The highest BCUT2D eigenvalue weighted by atomic mass is 19.4. The van der Waals surface area contributed by atoms with Gasteiger partial charge in [-0.2, -0.15) is 13.2 Å². The van der Waals surface area contributed by atoms with Crippen LogP contribution < -0.4 is 9.64 Å². The highest BCUT2D eigenvalue weighted by Gasteiger charge is 2.31. The van der Waals surface area contributed by atoms with E-state index in [2.05, 4.69) is 4.98 Å². The third-order valence-electron chi connectivity index (χ3n) is 5.34. The van der Waals surface area contributed by atoms with Gasteiger partial charge in [-0.15, -0.1) is 0 Å². The van der Waals surface area contributed by atoms with Crippen molar-refractivity contribution in [2.24, 2.45) is 0 Å². The van der Waals surface area contributed by atoms with Crippen LogP contribution in [-0.4, -0.2) is 42.0 Å². The number of ether oxygens (including phenoxy) is 1. The Bertz CT molecular complexity index is 1050. The van der Waals surface area contributed by atoms with Gasteiger partial charge in [-0.3, -0.25) is 9.78 Å². The number of amides is 1. The van der Waals surface area contributed by atoms with Gasteiger partial charge in [0.05, 0.1) is 5.56 Å². The van der Waals surface area contributed by atoms with Gasteiger partial charge in [-0.1, -0.05) is 12.1 Å². The van der Waals surface area contributed by atoms with Crippen molar-refractivity contribution in [1.82, 2.24) is 9.88 Å². The van der Waals surface area contributed by atoms with Crippen LogP contribution in [0.5, 0.6) is 5.75 Å². The molecule has 2 aromatic carbocycles. The molecule has 0 saturated carbocycles. The van der Waals surface area contributed by atoms with E-state index in [9.17, 15) is 18.0 Å². The summed E-state index contributed by atoms with van der Waals surface area (Å²) in [5, 5.41) is 0. The number of hydrogen-bond acceptors (Lipinski definition) is 4. The molecule has 1 amide bonds. The van der Waals surface area contributed by atoms with Gasteiger partial charge >= 0.3 is 6.18 Å². The molecule has 1 aliphatic heterocycles. The number of alkyl halides is 3. The number of hydrogen-bond donors (Lipinski definition) is 0. The molecule has 0 N–H and O–H groups in total. The second-order valence-electron chi connectivity index (χ2n) is 7.50. The summed E-state index contributed by atoms with van der Waals surface area (Å²) in [6, 6.07) is 16.0. The van der Waals surface area contributed by atoms with Crippen molar-refractivity contribution >= 4 is 11.6 Å². The van der Waals surface area contributed by atoms with Gasteiger partial charge in [0, 0.05) is 55.4 Å². The maximum atomic E-state index is 13.0. The number of anilines is 1. The highest BCUT2D eigenvalue weighted by molar-refractivity contribution is 5.94. The molecule has 3 aromatic rings. The molecule has 1 saturated heterocycles. The van der Waals surface area contributed by atoms with Crippen LogP contribution in [0.4, 0.5) is 18.9 Å². The maximum Gasteiger partial charge on any atom is 0.416 e. The van der Waals surface area contributed by atoms with Gasteiger partial charge < -0.3 is 14.5 Å². The number of pyridine rings is 1. The zero-order valence-corrected chi connectivity index (χ0v) is 17.3. The molecular weight excluding hydrogens is 419 g/mol. The molecule has 1 aliphatic rings. The van der Waals surface area contributed by atoms with E-state index in [-0.39, 0.29) is 5.91 Å². The summed E-state index contributed by atoms with van der Waals surface area (Å²) in [6.07, 6.45) is -0.943. The van der Waals surface area contributed by atoms with Gasteiger partial charge in [0.1, 0.15) is 12.4 Å². The van der Waals surface area contributed by atoms with Crippen molar-refractivity contribution in [3.8, 4) is 5.75 Å². The average Bonchev–Trinajstić information content (AvgIpc) is 2.83. The Morgan fingerprint density at radius 3 is 2.38 bits per heavy atom. The fraction of sp³-hybridized carbons (Fsp3) is 0.250. The Balaban J connectivity index is 1.32. The third kappa shape index (κ3) is 5.19. The van der Waals surface area contributed by atoms with E-state index in [4.69, 9.17) is 4.74 Å². The minimum absolute atomic E-state index is 0.104. The van der Waals surface area contributed by atoms with E-state index in [1.165, 1.54) is 6.07 Å². The van der Waals surface area contributed by atoms with Crippen LogP contribution in [0, 0.1) is 0 Å². The molecule has 1 aromatic heterocycles. The normalized spacial score (nSPS) is 14.3. The first-order valence-corrected chi connectivity index (χ1v) is 10.2.